The third-order valence-electron chi connectivity index (χ3n) is 4.57. The predicted octanol–water partition coefficient (Wildman–Crippen LogP) is 1.20. The molecule has 8 heteroatoms. The Hall–Kier alpha value is -3.00. The number of hydrogen-bond acceptors (Lipinski definition) is 6. The molecule has 1 saturated heterocycles. The van der Waals surface area contributed by atoms with Gasteiger partial charge in [-0.15, -0.1) is 0 Å². The number of carbonyl (C=O) groups is 2. The normalized spacial score (nSPS) is 16.3. The number of hydrogen-bond donors (Lipinski definition) is 3. The number of likely N-dealkylation sites (tertiary alicyclic amines) is 1. The lowest BCUT2D eigenvalue weighted by molar-refractivity contribution is -0.115. The summed E-state index contributed by atoms with van der Waals surface area (Å²) < 4.78 is 0. The number of aryl methyl sites for hydroxylation is 1. The fourth-order valence-electron chi connectivity index (χ4n) is 3.16. The molecule has 3 rings (SSSR count). The van der Waals surface area contributed by atoms with Crippen LogP contribution in [0.2, 0.25) is 0 Å². The van der Waals surface area contributed by atoms with Gasteiger partial charge in [0.1, 0.15) is 0 Å². The van der Waals surface area contributed by atoms with E-state index in [1.165, 1.54) is 12.4 Å². The van der Waals surface area contributed by atoms with Gasteiger partial charge >= 0.3 is 0 Å². The molecule has 142 valence electrons. The van der Waals surface area contributed by atoms with E-state index in [1.54, 1.807) is 4.90 Å². The van der Waals surface area contributed by atoms with Crippen LogP contribution in [0.1, 0.15) is 28.9 Å². The molecule has 2 heterocycles. The first-order valence-corrected chi connectivity index (χ1v) is 8.99. The second kappa shape index (κ2) is 8.59. The molecule has 0 aliphatic carbocycles. The third-order valence-corrected chi connectivity index (χ3v) is 4.57. The van der Waals surface area contributed by atoms with Crippen molar-refractivity contribution in [1.29, 1.82) is 0 Å². The smallest absolute Gasteiger partial charge is 0.276 e. The van der Waals surface area contributed by atoms with Crippen LogP contribution in [0.15, 0.2) is 36.7 Å². The maximum Gasteiger partial charge on any atom is 0.276 e. The summed E-state index contributed by atoms with van der Waals surface area (Å²) in [5.74, 6) is -0.194. The number of nitrogens with one attached hydrogen (secondary N) is 2. The number of aromatic nitrogens is 2. The van der Waals surface area contributed by atoms with Gasteiger partial charge in [0.15, 0.2) is 11.5 Å². The number of rotatable bonds is 6. The Morgan fingerprint density at radius 3 is 2.70 bits per heavy atom. The fourth-order valence-corrected chi connectivity index (χ4v) is 3.16. The summed E-state index contributed by atoms with van der Waals surface area (Å²) in [5, 5.41) is 5.98. The highest BCUT2D eigenvalue weighted by Gasteiger charge is 2.31. The molecule has 1 atom stereocenters. The first-order valence-electron chi connectivity index (χ1n) is 8.99. The van der Waals surface area contributed by atoms with Crippen LogP contribution in [-0.2, 0) is 4.79 Å². The Balaban J connectivity index is 1.50. The zero-order valence-electron chi connectivity index (χ0n) is 15.3. The van der Waals surface area contributed by atoms with E-state index in [9.17, 15) is 9.59 Å². The molecule has 1 aliphatic heterocycles. The molecular formula is C19H24N6O2. The van der Waals surface area contributed by atoms with Crippen LogP contribution < -0.4 is 16.4 Å². The van der Waals surface area contributed by atoms with E-state index in [0.29, 0.717) is 13.1 Å². The number of amides is 2. The number of anilines is 2. The second-order valence-electron chi connectivity index (χ2n) is 6.63. The standard InChI is InChI=1S/C19H24N6O2/c1-13-4-6-14(7-5-13)24-16(26)12-21-11-15-3-2-10-25(15)19(27)17-18(20)23-9-8-22-17/h4-9,15,21H,2-3,10-12H2,1H3,(H2,20,23)(H,24,26). The number of nitrogen functional groups attached to an aromatic ring is 1. The minimum absolute atomic E-state index is 0.00563. The van der Waals surface area contributed by atoms with Gasteiger partial charge in [-0.2, -0.15) is 0 Å². The van der Waals surface area contributed by atoms with Crippen molar-refractivity contribution in [3.05, 3.63) is 47.9 Å². The van der Waals surface area contributed by atoms with Crippen LogP contribution in [0.25, 0.3) is 0 Å². The SMILES string of the molecule is Cc1ccc(NC(=O)CNCC2CCCN2C(=O)c2nccnc2N)cc1. The molecular weight excluding hydrogens is 344 g/mol. The number of benzene rings is 1. The summed E-state index contributed by atoms with van der Waals surface area (Å²) in [7, 11) is 0. The van der Waals surface area contributed by atoms with Gasteiger partial charge in [0.25, 0.3) is 5.91 Å². The minimum atomic E-state index is -0.214. The van der Waals surface area contributed by atoms with Gasteiger partial charge in [-0.1, -0.05) is 17.7 Å². The van der Waals surface area contributed by atoms with E-state index in [4.69, 9.17) is 5.73 Å². The average molecular weight is 368 g/mol. The van der Waals surface area contributed by atoms with Crippen molar-refractivity contribution in [2.75, 3.05) is 30.7 Å². The molecule has 27 heavy (non-hydrogen) atoms. The zero-order chi connectivity index (χ0) is 19.2. The highest BCUT2D eigenvalue weighted by Crippen LogP contribution is 2.20. The monoisotopic (exact) mass is 368 g/mol. The molecule has 2 aromatic rings. The molecule has 0 radical (unpaired) electrons. The average Bonchev–Trinajstić information content (AvgIpc) is 3.12. The van der Waals surface area contributed by atoms with E-state index in [0.717, 1.165) is 24.1 Å². The van der Waals surface area contributed by atoms with Crippen LogP contribution in [0, 0.1) is 6.92 Å². The van der Waals surface area contributed by atoms with Gasteiger partial charge in [0.2, 0.25) is 5.91 Å². The largest absolute Gasteiger partial charge is 0.382 e. The molecule has 8 nitrogen and oxygen atoms in total. The maximum absolute atomic E-state index is 12.7. The van der Waals surface area contributed by atoms with Crippen molar-refractivity contribution in [2.45, 2.75) is 25.8 Å². The molecule has 1 fully saturated rings. The van der Waals surface area contributed by atoms with E-state index < -0.39 is 0 Å². The number of nitrogens with zero attached hydrogens (tertiary/aromatic N) is 3. The minimum Gasteiger partial charge on any atom is -0.382 e. The lowest BCUT2D eigenvalue weighted by Gasteiger charge is -2.24. The van der Waals surface area contributed by atoms with Crippen molar-refractivity contribution >= 4 is 23.3 Å². The molecule has 1 aromatic carbocycles. The Morgan fingerprint density at radius 2 is 1.96 bits per heavy atom. The molecule has 4 N–H and O–H groups in total. The summed E-state index contributed by atoms with van der Waals surface area (Å²) in [4.78, 5) is 34.5. The van der Waals surface area contributed by atoms with Crippen molar-refractivity contribution in [2.24, 2.45) is 0 Å². The van der Waals surface area contributed by atoms with E-state index in [-0.39, 0.29) is 35.9 Å². The maximum atomic E-state index is 12.7. The highest BCUT2D eigenvalue weighted by molar-refractivity contribution is 5.96. The van der Waals surface area contributed by atoms with Crippen LogP contribution in [0.5, 0.6) is 0 Å². The van der Waals surface area contributed by atoms with E-state index in [2.05, 4.69) is 20.6 Å². The van der Waals surface area contributed by atoms with Gasteiger partial charge in [-0.05, 0) is 31.9 Å². The molecule has 2 amide bonds. The summed E-state index contributed by atoms with van der Waals surface area (Å²) in [6.07, 6.45) is 4.70. The summed E-state index contributed by atoms with van der Waals surface area (Å²) in [5.41, 5.74) is 7.86. The highest BCUT2D eigenvalue weighted by atomic mass is 16.2. The number of nitrogens with two attached hydrogens (primary N) is 1. The molecule has 0 spiro atoms. The van der Waals surface area contributed by atoms with Gasteiger partial charge in [-0.3, -0.25) is 9.59 Å². The fraction of sp³-hybridized carbons (Fsp3) is 0.368. The molecule has 1 aromatic heterocycles. The summed E-state index contributed by atoms with van der Waals surface area (Å²) >= 11 is 0. The second-order valence-corrected chi connectivity index (χ2v) is 6.63. The van der Waals surface area contributed by atoms with Crippen LogP contribution >= 0.6 is 0 Å². The van der Waals surface area contributed by atoms with E-state index >= 15 is 0 Å². The van der Waals surface area contributed by atoms with Crippen molar-refractivity contribution in [3.8, 4) is 0 Å². The summed E-state index contributed by atoms with van der Waals surface area (Å²) in [6, 6.07) is 7.64. The number of carbonyl (C=O) groups excluding carboxylic acids is 2. The molecule has 1 aliphatic rings. The van der Waals surface area contributed by atoms with Crippen LogP contribution in [0.3, 0.4) is 0 Å². The lowest BCUT2D eigenvalue weighted by Crippen LogP contribution is -2.43. The van der Waals surface area contributed by atoms with Gasteiger partial charge in [-0.25, -0.2) is 9.97 Å². The Morgan fingerprint density at radius 1 is 1.22 bits per heavy atom. The topological polar surface area (TPSA) is 113 Å². The Kier molecular flexibility index (Phi) is 5.97. The third kappa shape index (κ3) is 4.79. The van der Waals surface area contributed by atoms with E-state index in [1.807, 2.05) is 31.2 Å². The predicted molar refractivity (Wildman–Crippen MR) is 103 cm³/mol. The first kappa shape index (κ1) is 18.8. The summed E-state index contributed by atoms with van der Waals surface area (Å²) in [6.45, 7) is 3.36. The van der Waals surface area contributed by atoms with Crippen molar-refractivity contribution < 1.29 is 9.59 Å². The van der Waals surface area contributed by atoms with Gasteiger partial charge in [0.05, 0.1) is 6.54 Å². The van der Waals surface area contributed by atoms with Crippen LogP contribution in [0.4, 0.5) is 11.5 Å². The van der Waals surface area contributed by atoms with Crippen LogP contribution in [-0.4, -0.2) is 52.4 Å². The van der Waals surface area contributed by atoms with Crippen molar-refractivity contribution in [1.82, 2.24) is 20.2 Å². The zero-order valence-corrected chi connectivity index (χ0v) is 15.3. The lowest BCUT2D eigenvalue weighted by atomic mass is 10.2. The first-order chi connectivity index (χ1) is 13.0. The molecule has 1 unspecified atom stereocenters. The van der Waals surface area contributed by atoms with Gasteiger partial charge in [0, 0.05) is 37.2 Å². The molecule has 0 saturated carbocycles. The van der Waals surface area contributed by atoms with Crippen molar-refractivity contribution in [3.63, 3.8) is 0 Å². The Labute approximate surface area is 158 Å². The Bertz CT molecular complexity index is 808. The quantitative estimate of drug-likeness (QED) is 0.706. The van der Waals surface area contributed by atoms with Gasteiger partial charge < -0.3 is 21.3 Å². The molecule has 0 bridgehead atoms.